The quantitative estimate of drug-likeness (QED) is 0.284. The van der Waals surface area contributed by atoms with E-state index in [1.54, 1.807) is 6.20 Å². The highest BCUT2D eigenvalue weighted by Gasteiger charge is 2.38. The fourth-order valence-corrected chi connectivity index (χ4v) is 6.73. The summed E-state index contributed by atoms with van der Waals surface area (Å²) < 4.78 is 4.34. The zero-order chi connectivity index (χ0) is 28.9. The fraction of sp³-hybridized carbons (Fsp3) is 0.235. The van der Waals surface area contributed by atoms with Crippen LogP contribution in [0.4, 0.5) is 5.82 Å². The number of nitrogens with zero attached hydrogens (tertiary/aromatic N) is 7. The van der Waals surface area contributed by atoms with Crippen molar-refractivity contribution in [3.63, 3.8) is 0 Å². The van der Waals surface area contributed by atoms with Gasteiger partial charge >= 0.3 is 0 Å². The molecule has 1 saturated carbocycles. The number of imidazole rings is 2. The van der Waals surface area contributed by atoms with Gasteiger partial charge in [0.15, 0.2) is 0 Å². The number of hydrogen-bond donors (Lipinski definition) is 1. The first-order valence-corrected chi connectivity index (χ1v) is 14.9. The highest BCUT2D eigenvalue weighted by atomic mass is 16.1. The summed E-state index contributed by atoms with van der Waals surface area (Å²) in [6.45, 7) is 3.47. The van der Waals surface area contributed by atoms with Crippen molar-refractivity contribution in [1.82, 2.24) is 33.7 Å². The van der Waals surface area contributed by atoms with Crippen LogP contribution < -0.4 is 5.73 Å². The highest BCUT2D eigenvalue weighted by molar-refractivity contribution is 5.92. The molecule has 8 rings (SSSR count). The number of nitrogens with two attached hydrogens (primary N) is 1. The Bertz CT molecular complexity index is 1930. The second-order valence-corrected chi connectivity index (χ2v) is 11.5. The van der Waals surface area contributed by atoms with Crippen molar-refractivity contribution >= 4 is 28.8 Å². The Balaban J connectivity index is 1.18. The van der Waals surface area contributed by atoms with Crippen molar-refractivity contribution in [2.75, 3.05) is 31.9 Å². The van der Waals surface area contributed by atoms with Gasteiger partial charge in [-0.1, -0.05) is 54.6 Å². The molecule has 9 heteroatoms. The smallest absolute Gasteiger partial charge is 0.209 e. The second-order valence-electron chi connectivity index (χ2n) is 11.5. The topological polar surface area (TPSA) is 97.6 Å². The maximum Gasteiger partial charge on any atom is 0.209 e. The van der Waals surface area contributed by atoms with E-state index in [-0.39, 0.29) is 0 Å². The summed E-state index contributed by atoms with van der Waals surface area (Å²) in [7, 11) is 0. The number of carbonyl (C=O) groups is 1. The number of fused-ring (bicyclic) bond motifs is 2. The van der Waals surface area contributed by atoms with Crippen molar-refractivity contribution in [2.45, 2.75) is 24.8 Å². The Labute approximate surface area is 249 Å². The summed E-state index contributed by atoms with van der Waals surface area (Å²) in [6, 6.07) is 27.5. The molecule has 2 aliphatic rings. The zero-order valence-corrected chi connectivity index (χ0v) is 23.8. The van der Waals surface area contributed by atoms with Crippen LogP contribution in [0.25, 0.3) is 44.9 Å². The molecule has 2 N–H and O–H groups in total. The third kappa shape index (κ3) is 4.35. The fourth-order valence-electron chi connectivity index (χ4n) is 6.73. The number of rotatable bonds is 6. The van der Waals surface area contributed by atoms with Gasteiger partial charge in [0.2, 0.25) is 6.41 Å². The van der Waals surface area contributed by atoms with Crippen LogP contribution in [-0.4, -0.2) is 72.4 Å². The van der Waals surface area contributed by atoms with Crippen LogP contribution in [0.2, 0.25) is 0 Å². The molecule has 3 aromatic carbocycles. The summed E-state index contributed by atoms with van der Waals surface area (Å²) in [5.41, 5.74) is 13.2. The normalized spacial score (nSPS) is 19.1. The van der Waals surface area contributed by atoms with Crippen molar-refractivity contribution in [3.05, 3.63) is 97.1 Å². The lowest BCUT2D eigenvalue weighted by Crippen LogP contribution is -2.53. The second kappa shape index (κ2) is 10.4. The Hall–Kier alpha value is -5.02. The summed E-state index contributed by atoms with van der Waals surface area (Å²) in [5, 5.41) is 0. The van der Waals surface area contributed by atoms with Gasteiger partial charge in [-0.3, -0.25) is 18.7 Å². The summed E-state index contributed by atoms with van der Waals surface area (Å²) in [4.78, 5) is 30.3. The molecule has 1 aliphatic heterocycles. The Kier molecular flexibility index (Phi) is 6.18. The summed E-state index contributed by atoms with van der Waals surface area (Å²) in [6.07, 6.45) is 6.78. The molecule has 43 heavy (non-hydrogen) atoms. The van der Waals surface area contributed by atoms with Gasteiger partial charge in [0.25, 0.3) is 0 Å². The minimum atomic E-state index is 0.336. The van der Waals surface area contributed by atoms with Crippen LogP contribution in [0.1, 0.15) is 24.6 Å². The molecule has 1 aliphatic carbocycles. The van der Waals surface area contributed by atoms with E-state index in [4.69, 9.17) is 15.7 Å². The highest BCUT2D eigenvalue weighted by Crippen LogP contribution is 2.42. The van der Waals surface area contributed by atoms with Crippen molar-refractivity contribution in [1.29, 1.82) is 0 Å². The number of amides is 1. The van der Waals surface area contributed by atoms with Gasteiger partial charge in [0.1, 0.15) is 28.7 Å². The molecule has 9 nitrogen and oxygen atoms in total. The van der Waals surface area contributed by atoms with E-state index in [9.17, 15) is 4.79 Å². The number of carbonyl (C=O) groups excluding carboxylic acids is 1. The zero-order valence-electron chi connectivity index (χ0n) is 23.8. The van der Waals surface area contributed by atoms with Gasteiger partial charge in [-0.15, -0.1) is 0 Å². The predicted molar refractivity (Wildman–Crippen MR) is 168 cm³/mol. The van der Waals surface area contributed by atoms with E-state index in [0.717, 1.165) is 96.1 Å². The molecular formula is C34H32N8O. The maximum absolute atomic E-state index is 11.1. The molecule has 214 valence electrons. The van der Waals surface area contributed by atoms with Crippen LogP contribution >= 0.6 is 0 Å². The lowest BCUT2D eigenvalue weighted by Gasteiger charge is -2.45. The van der Waals surface area contributed by atoms with E-state index in [1.165, 1.54) is 0 Å². The maximum atomic E-state index is 11.1. The summed E-state index contributed by atoms with van der Waals surface area (Å²) in [5.74, 6) is 2.73. The average Bonchev–Trinajstić information content (AvgIpc) is 3.61. The number of anilines is 1. The van der Waals surface area contributed by atoms with Gasteiger partial charge in [0, 0.05) is 67.3 Å². The van der Waals surface area contributed by atoms with Gasteiger partial charge in [0.05, 0.1) is 11.0 Å². The predicted octanol–water partition coefficient (Wildman–Crippen LogP) is 5.00. The third-order valence-corrected chi connectivity index (χ3v) is 9.08. The van der Waals surface area contributed by atoms with E-state index in [1.807, 2.05) is 35.4 Å². The minimum absolute atomic E-state index is 0.336. The molecule has 3 aromatic heterocycles. The standard InChI is InChI=1S/C34H32N8O/c35-32-31-30(38-33(41(31)14-13-36-32)25-19-27(20-25)40-17-15-39(22-43)16-18-40)24-11-12-29-28(21-24)37-34(23-7-3-1-4-8-23)42(29)26-9-5-2-6-10-26/h1-14,21-22,25,27H,15-20H2,(H2,35,36). The monoisotopic (exact) mass is 568 g/mol. The molecule has 0 unspecified atom stereocenters. The van der Waals surface area contributed by atoms with E-state index < -0.39 is 0 Å². The van der Waals surface area contributed by atoms with Crippen LogP contribution in [-0.2, 0) is 4.79 Å². The molecule has 6 aromatic rings. The van der Waals surface area contributed by atoms with Crippen LogP contribution in [0.15, 0.2) is 91.3 Å². The molecule has 0 spiro atoms. The Morgan fingerprint density at radius 3 is 2.33 bits per heavy atom. The van der Waals surface area contributed by atoms with Gasteiger partial charge in [-0.05, 0) is 37.1 Å². The number of para-hydroxylation sites is 1. The molecule has 1 saturated heterocycles. The Morgan fingerprint density at radius 1 is 0.837 bits per heavy atom. The lowest BCUT2D eigenvalue weighted by molar-refractivity contribution is -0.120. The van der Waals surface area contributed by atoms with Crippen molar-refractivity contribution in [2.24, 2.45) is 0 Å². The van der Waals surface area contributed by atoms with Crippen LogP contribution in [0.3, 0.4) is 0 Å². The molecule has 0 bridgehead atoms. The van der Waals surface area contributed by atoms with Crippen LogP contribution in [0, 0.1) is 0 Å². The van der Waals surface area contributed by atoms with Crippen molar-refractivity contribution in [3.8, 4) is 28.3 Å². The van der Waals surface area contributed by atoms with Gasteiger partial charge in [-0.2, -0.15) is 0 Å². The number of hydrogen-bond acceptors (Lipinski definition) is 6. The van der Waals surface area contributed by atoms with Crippen molar-refractivity contribution < 1.29 is 4.79 Å². The first-order chi connectivity index (χ1) is 21.2. The molecule has 4 heterocycles. The molecule has 2 fully saturated rings. The third-order valence-electron chi connectivity index (χ3n) is 9.08. The average molecular weight is 569 g/mol. The summed E-state index contributed by atoms with van der Waals surface area (Å²) >= 11 is 0. The molecular weight excluding hydrogens is 536 g/mol. The molecule has 1 amide bonds. The minimum Gasteiger partial charge on any atom is -0.382 e. The number of benzene rings is 3. The van der Waals surface area contributed by atoms with Gasteiger partial charge in [-0.25, -0.2) is 15.0 Å². The number of aromatic nitrogens is 5. The number of piperazine rings is 1. The molecule has 0 atom stereocenters. The lowest BCUT2D eigenvalue weighted by atomic mass is 9.78. The van der Waals surface area contributed by atoms with Crippen LogP contribution in [0.5, 0.6) is 0 Å². The van der Waals surface area contributed by atoms with E-state index >= 15 is 0 Å². The SMILES string of the molecule is Nc1nccn2c(C3CC(N4CCN(C=O)CC4)C3)nc(-c3ccc4c(c3)nc(-c3ccccc3)n4-c3ccccc3)c12. The first-order valence-electron chi connectivity index (χ1n) is 14.9. The van der Waals surface area contributed by atoms with Gasteiger partial charge < -0.3 is 10.6 Å². The number of nitrogen functional groups attached to an aromatic ring is 1. The van der Waals surface area contributed by atoms with E-state index in [2.05, 4.69) is 73.4 Å². The Morgan fingerprint density at radius 2 is 1.58 bits per heavy atom. The first kappa shape index (κ1) is 25.7. The largest absolute Gasteiger partial charge is 0.382 e. The van der Waals surface area contributed by atoms with E-state index in [0.29, 0.717) is 17.8 Å². The molecule has 0 radical (unpaired) electrons.